The van der Waals surface area contributed by atoms with Gasteiger partial charge < -0.3 is 25.2 Å². The molecule has 2 aromatic carbocycles. The minimum atomic E-state index is 0.0278. The number of nitrogens with one attached hydrogen (secondary N) is 2. The minimum absolute atomic E-state index is 0.0278. The molecule has 6 nitrogen and oxygen atoms in total. The van der Waals surface area contributed by atoms with Crippen LogP contribution >= 0.6 is 0 Å². The molecular formula is C26H34N4O2. The van der Waals surface area contributed by atoms with E-state index >= 15 is 0 Å². The van der Waals surface area contributed by atoms with Crippen molar-refractivity contribution in [2.45, 2.75) is 31.3 Å². The molecule has 2 aromatic rings. The van der Waals surface area contributed by atoms with Gasteiger partial charge in [0.2, 0.25) is 0 Å². The van der Waals surface area contributed by atoms with Crippen LogP contribution in [-0.4, -0.2) is 69.8 Å². The van der Waals surface area contributed by atoms with Crippen molar-refractivity contribution < 1.29 is 9.53 Å². The summed E-state index contributed by atoms with van der Waals surface area (Å²) in [5.74, 6) is 0.0278. The maximum atomic E-state index is 13.0. The smallest absolute Gasteiger partial charge is 0.251 e. The number of likely N-dealkylation sites (N-methyl/N-ethyl adjacent to an activating group) is 1. The van der Waals surface area contributed by atoms with Crippen LogP contribution < -0.4 is 15.5 Å². The van der Waals surface area contributed by atoms with Gasteiger partial charge >= 0.3 is 0 Å². The van der Waals surface area contributed by atoms with E-state index in [0.29, 0.717) is 6.04 Å². The normalized spacial score (nSPS) is 24.1. The summed E-state index contributed by atoms with van der Waals surface area (Å²) in [4.78, 5) is 17.7. The molecule has 1 unspecified atom stereocenters. The molecule has 0 radical (unpaired) electrons. The van der Waals surface area contributed by atoms with Crippen molar-refractivity contribution in [1.29, 1.82) is 0 Å². The van der Waals surface area contributed by atoms with Crippen molar-refractivity contribution in [3.05, 3.63) is 64.7 Å². The zero-order valence-corrected chi connectivity index (χ0v) is 19.0. The third-order valence-electron chi connectivity index (χ3n) is 7.12. The van der Waals surface area contributed by atoms with Crippen molar-refractivity contribution in [2.24, 2.45) is 0 Å². The Kier molecular flexibility index (Phi) is 6.44. The van der Waals surface area contributed by atoms with Crippen molar-refractivity contribution in [3.63, 3.8) is 0 Å². The second kappa shape index (κ2) is 9.61. The number of ether oxygens (including phenoxy) is 1. The quantitative estimate of drug-likeness (QED) is 0.774. The predicted molar refractivity (Wildman–Crippen MR) is 127 cm³/mol. The second-order valence-electron chi connectivity index (χ2n) is 9.31. The Morgan fingerprint density at radius 3 is 2.69 bits per heavy atom. The Bertz CT molecular complexity index is 939. The van der Waals surface area contributed by atoms with Crippen LogP contribution in [0.2, 0.25) is 0 Å². The molecule has 0 saturated carbocycles. The molecule has 0 spiro atoms. The monoisotopic (exact) mass is 434 g/mol. The van der Waals surface area contributed by atoms with Gasteiger partial charge in [-0.3, -0.25) is 4.79 Å². The lowest BCUT2D eigenvalue weighted by Gasteiger charge is -2.35. The Labute approximate surface area is 190 Å². The predicted octanol–water partition coefficient (Wildman–Crippen LogP) is 2.39. The molecule has 2 heterocycles. The number of anilines is 1. The lowest BCUT2D eigenvalue weighted by atomic mass is 9.83. The van der Waals surface area contributed by atoms with Crippen LogP contribution in [0.15, 0.2) is 42.5 Å². The molecule has 1 amide bonds. The van der Waals surface area contributed by atoms with Crippen LogP contribution in [0.25, 0.3) is 0 Å². The van der Waals surface area contributed by atoms with Crippen LogP contribution in [0, 0.1) is 0 Å². The Morgan fingerprint density at radius 2 is 1.91 bits per heavy atom. The molecule has 1 aliphatic carbocycles. The number of fused-ring (bicyclic) bond motifs is 1. The number of hydrogen-bond acceptors (Lipinski definition) is 5. The van der Waals surface area contributed by atoms with E-state index in [1.165, 1.54) is 16.7 Å². The lowest BCUT2D eigenvalue weighted by molar-refractivity contribution is 0.0933. The summed E-state index contributed by atoms with van der Waals surface area (Å²) in [5.41, 5.74) is 6.17. The maximum Gasteiger partial charge on any atom is 0.251 e. The van der Waals surface area contributed by atoms with Crippen LogP contribution in [0.5, 0.6) is 0 Å². The summed E-state index contributed by atoms with van der Waals surface area (Å²) in [7, 11) is 2.19. The fourth-order valence-electron chi connectivity index (χ4n) is 5.28. The minimum Gasteiger partial charge on any atom is -0.378 e. The number of rotatable bonds is 4. The van der Waals surface area contributed by atoms with Gasteiger partial charge in [0.25, 0.3) is 5.91 Å². The summed E-state index contributed by atoms with van der Waals surface area (Å²) < 4.78 is 5.43. The van der Waals surface area contributed by atoms with E-state index in [1.807, 2.05) is 12.1 Å². The van der Waals surface area contributed by atoms with Crippen LogP contribution in [0.3, 0.4) is 0 Å². The van der Waals surface area contributed by atoms with Crippen molar-refractivity contribution >= 4 is 11.6 Å². The summed E-state index contributed by atoms with van der Waals surface area (Å²) in [5, 5.41) is 7.00. The van der Waals surface area contributed by atoms with Crippen LogP contribution in [0.4, 0.5) is 5.69 Å². The summed E-state index contributed by atoms with van der Waals surface area (Å²) >= 11 is 0. The van der Waals surface area contributed by atoms with Gasteiger partial charge in [-0.15, -0.1) is 0 Å². The lowest BCUT2D eigenvalue weighted by Crippen LogP contribution is -2.45. The van der Waals surface area contributed by atoms with Crippen molar-refractivity contribution in [3.8, 4) is 0 Å². The van der Waals surface area contributed by atoms with E-state index in [4.69, 9.17) is 4.74 Å². The molecule has 2 aliphatic heterocycles. The van der Waals surface area contributed by atoms with Gasteiger partial charge in [0.1, 0.15) is 0 Å². The van der Waals surface area contributed by atoms with Gasteiger partial charge in [0.15, 0.2) is 0 Å². The molecular weight excluding hydrogens is 400 g/mol. The number of amides is 1. The molecule has 32 heavy (non-hydrogen) atoms. The highest BCUT2D eigenvalue weighted by Crippen LogP contribution is 2.30. The number of benzene rings is 2. The largest absolute Gasteiger partial charge is 0.378 e. The fraction of sp³-hybridized carbons (Fsp3) is 0.500. The number of aryl methyl sites for hydroxylation is 1. The van der Waals surface area contributed by atoms with Crippen molar-refractivity contribution in [1.82, 2.24) is 15.5 Å². The molecule has 3 aliphatic rings. The second-order valence-corrected chi connectivity index (χ2v) is 9.31. The summed E-state index contributed by atoms with van der Waals surface area (Å²) in [6.45, 7) is 6.48. The third-order valence-corrected chi connectivity index (χ3v) is 7.12. The highest BCUT2D eigenvalue weighted by Gasteiger charge is 2.27. The first-order valence-electron chi connectivity index (χ1n) is 11.9. The first-order chi connectivity index (χ1) is 15.7. The van der Waals surface area contributed by atoms with Crippen LogP contribution in [-0.2, 0) is 17.6 Å². The summed E-state index contributed by atoms with van der Waals surface area (Å²) in [6, 6.07) is 15.3. The highest BCUT2D eigenvalue weighted by molar-refractivity contribution is 5.94. The van der Waals surface area contributed by atoms with Gasteiger partial charge in [-0.1, -0.05) is 18.2 Å². The zero-order chi connectivity index (χ0) is 21.9. The number of hydrogen-bond donors (Lipinski definition) is 2. The fourth-order valence-corrected chi connectivity index (χ4v) is 5.28. The number of carbonyl (C=O) groups excluding carboxylic acids is 1. The van der Waals surface area contributed by atoms with E-state index in [1.54, 1.807) is 0 Å². The van der Waals surface area contributed by atoms with E-state index in [2.05, 4.69) is 57.8 Å². The molecule has 6 heteroatoms. The zero-order valence-electron chi connectivity index (χ0n) is 19.0. The Hall–Kier alpha value is -2.41. The van der Waals surface area contributed by atoms with Gasteiger partial charge in [0.05, 0.1) is 13.2 Å². The molecule has 2 fully saturated rings. The third kappa shape index (κ3) is 4.68. The molecule has 2 atom stereocenters. The molecule has 170 valence electrons. The van der Waals surface area contributed by atoms with Crippen molar-refractivity contribution in [2.75, 3.05) is 57.9 Å². The van der Waals surface area contributed by atoms with E-state index < -0.39 is 0 Å². The van der Waals surface area contributed by atoms with E-state index in [-0.39, 0.29) is 11.9 Å². The number of piperazine rings is 1. The molecule has 2 saturated heterocycles. The summed E-state index contributed by atoms with van der Waals surface area (Å²) in [6.07, 6.45) is 2.92. The number of nitrogens with zero attached hydrogens (tertiary/aromatic N) is 2. The number of morpholine rings is 1. The molecule has 0 bridgehead atoms. The first-order valence-corrected chi connectivity index (χ1v) is 11.9. The van der Waals surface area contributed by atoms with E-state index in [9.17, 15) is 4.79 Å². The Balaban J connectivity index is 1.25. The van der Waals surface area contributed by atoms with Gasteiger partial charge in [-0.25, -0.2) is 0 Å². The van der Waals surface area contributed by atoms with E-state index in [0.717, 1.165) is 76.5 Å². The first kappa shape index (κ1) is 21.4. The topological polar surface area (TPSA) is 56.8 Å². The molecule has 5 rings (SSSR count). The standard InChI is InChI=1S/C26H34N4O2/c1-29-12-11-27-25(18-29)23-4-2-3-19-5-8-21(17-24(19)23)28-26(31)20-6-9-22(10-7-20)30-13-15-32-16-14-30/h2-4,6-7,9-10,21,25,27H,5,8,11-18H2,1H3,(H,28,31)/t21-,25?/m1/s1. The van der Waals surface area contributed by atoms with Crippen LogP contribution in [0.1, 0.15) is 39.5 Å². The average molecular weight is 435 g/mol. The SMILES string of the molecule is CN1CCNC(c2cccc3c2C[C@H](NC(=O)c2ccc(N4CCOCC4)cc2)CC3)C1. The maximum absolute atomic E-state index is 13.0. The highest BCUT2D eigenvalue weighted by atomic mass is 16.5. The molecule has 2 N–H and O–H groups in total. The average Bonchev–Trinajstić information content (AvgIpc) is 2.84. The molecule has 0 aromatic heterocycles. The van der Waals surface area contributed by atoms with Gasteiger partial charge in [-0.2, -0.15) is 0 Å². The van der Waals surface area contributed by atoms with Gasteiger partial charge in [0, 0.05) is 56.1 Å². The Morgan fingerprint density at radius 1 is 1.09 bits per heavy atom. The van der Waals surface area contributed by atoms with Gasteiger partial charge in [-0.05, 0) is 67.3 Å². The number of carbonyl (C=O) groups is 1.